The van der Waals surface area contributed by atoms with Crippen LogP contribution in [0.15, 0.2) is 35.3 Å². The van der Waals surface area contributed by atoms with Gasteiger partial charge in [0.2, 0.25) is 0 Å². The van der Waals surface area contributed by atoms with Crippen LogP contribution in [0.3, 0.4) is 0 Å². The number of halogens is 2. The van der Waals surface area contributed by atoms with Crippen LogP contribution in [-0.4, -0.2) is 37.0 Å². The quantitative estimate of drug-likeness (QED) is 0.192. The van der Waals surface area contributed by atoms with E-state index in [2.05, 4.69) is 4.62 Å². The van der Waals surface area contributed by atoms with Gasteiger partial charge in [-0.05, 0) is 25.5 Å². The first kappa shape index (κ1) is 33.6. The summed E-state index contributed by atoms with van der Waals surface area (Å²) in [6.07, 6.45) is 0.750. The second-order valence-corrected chi connectivity index (χ2v) is 10.7. The average molecular weight is 522 g/mol. The van der Waals surface area contributed by atoms with Crippen LogP contribution in [0.1, 0.15) is 13.3 Å². The molecule has 1 aromatic heterocycles. The summed E-state index contributed by atoms with van der Waals surface area (Å²) in [5.41, 5.74) is -0.142. The third kappa shape index (κ3) is 8.29. The number of aromatic nitrogens is 1. The predicted molar refractivity (Wildman–Crippen MR) is 107 cm³/mol. The Kier molecular flexibility index (Phi) is 12.2. The summed E-state index contributed by atoms with van der Waals surface area (Å²) in [4.78, 5) is 45.8. The van der Waals surface area contributed by atoms with E-state index in [-0.39, 0.29) is 54.6 Å². The van der Waals surface area contributed by atoms with Crippen LogP contribution < -0.4 is 63.3 Å². The van der Waals surface area contributed by atoms with Gasteiger partial charge in [-0.3, -0.25) is 9.59 Å². The zero-order chi connectivity index (χ0) is 25.2. The molecule has 0 saturated heterocycles. The van der Waals surface area contributed by atoms with Crippen molar-refractivity contribution in [3.05, 3.63) is 52.5 Å². The zero-order valence-electron chi connectivity index (χ0n) is 19.5. The van der Waals surface area contributed by atoms with Gasteiger partial charge in [-0.15, -0.1) is 0 Å². The van der Waals surface area contributed by atoms with Gasteiger partial charge in [0.1, 0.15) is 17.4 Å². The van der Waals surface area contributed by atoms with Crippen molar-refractivity contribution in [2.24, 2.45) is 0 Å². The Morgan fingerprint density at radius 3 is 2.26 bits per heavy atom. The van der Waals surface area contributed by atoms with Gasteiger partial charge in [0.25, 0.3) is 11.5 Å². The van der Waals surface area contributed by atoms with Gasteiger partial charge < -0.3 is 23.7 Å². The summed E-state index contributed by atoms with van der Waals surface area (Å²) in [5, 5.41) is 0. The third-order valence-corrected chi connectivity index (χ3v) is 7.26. The van der Waals surface area contributed by atoms with Crippen molar-refractivity contribution in [2.45, 2.75) is 24.6 Å². The molecule has 0 fully saturated rings. The second-order valence-electron chi connectivity index (χ2n) is 7.14. The van der Waals surface area contributed by atoms with Crippen molar-refractivity contribution in [3.63, 3.8) is 0 Å². The molecule has 182 valence electrons. The Hall–Kier alpha value is -1.45. The minimum Gasteiger partial charge on any atom is -0.788 e. The molecule has 0 aliphatic rings. The molecule has 1 N–H and O–H groups in total. The van der Waals surface area contributed by atoms with E-state index in [4.69, 9.17) is 4.74 Å². The zero-order valence-corrected chi connectivity index (χ0v) is 21.2. The monoisotopic (exact) mass is 522 g/mol. The van der Waals surface area contributed by atoms with Crippen LogP contribution in [0.25, 0.3) is 11.1 Å². The van der Waals surface area contributed by atoms with E-state index >= 15 is 0 Å². The van der Waals surface area contributed by atoms with E-state index in [0.717, 1.165) is 23.6 Å². The van der Waals surface area contributed by atoms with Crippen LogP contribution in [0.4, 0.5) is 8.78 Å². The number of sulfone groups is 1. The van der Waals surface area contributed by atoms with Crippen molar-refractivity contribution in [1.29, 1.82) is 0 Å². The maximum Gasteiger partial charge on any atom is 1.00 e. The fraction of sp³-hybridized carbons (Fsp3) is 0.333. The fourth-order valence-electron chi connectivity index (χ4n) is 2.77. The average Bonchev–Trinajstić information content (AvgIpc) is 2.70. The molecular formula is C18H19F2Li2N2O9PS. The van der Waals surface area contributed by atoms with Crippen molar-refractivity contribution in [3.8, 4) is 16.9 Å². The molecule has 1 heterocycles. The number of ether oxygens (including phenoxy) is 1. The molecule has 0 bridgehead atoms. The van der Waals surface area contributed by atoms with Gasteiger partial charge in [-0.25, -0.2) is 27.3 Å². The molecule has 17 heteroatoms. The Morgan fingerprint density at radius 2 is 1.77 bits per heavy atom. The Balaban J connectivity index is 0.00000578. The largest absolute Gasteiger partial charge is 1.00 e. The number of benzene rings is 1. The molecule has 0 aliphatic carbocycles. The predicted octanol–water partition coefficient (Wildman–Crippen LogP) is -6.12. The number of pyridine rings is 1. The van der Waals surface area contributed by atoms with Crippen molar-refractivity contribution in [1.82, 2.24) is 10.0 Å². The molecule has 0 aliphatic heterocycles. The number of amides is 1. The number of nitrogens with zero attached hydrogens (tertiary/aromatic N) is 1. The molecular weight excluding hydrogens is 503 g/mol. The van der Waals surface area contributed by atoms with Gasteiger partial charge in [0.15, 0.2) is 14.6 Å². The number of hydrogen-bond donors (Lipinski definition) is 1. The van der Waals surface area contributed by atoms with Crippen molar-refractivity contribution >= 4 is 23.6 Å². The number of nitrogens with one attached hydrogen (secondary N) is 1. The first-order valence-corrected chi connectivity index (χ1v) is 12.4. The standard InChI is InChI=1S/C18H21F2N2O9PS.2Li/c1-18(33(3,28)29,17(24)21-31-32(25,26)27)6-7-22-10-15(20)13(9-16(22)23)12-5-4-11(30-2)8-14(12)19;;/h4-5,8-10H,6-7H2,1-3H3,(H,21,24)(H2,25,26,27);;/q;2*+1/p-2/t18-;;/m1../s1. The normalized spacial score (nSPS) is 13.1. The maximum atomic E-state index is 14.7. The van der Waals surface area contributed by atoms with E-state index in [1.807, 2.05) is 0 Å². The molecule has 35 heavy (non-hydrogen) atoms. The first-order valence-electron chi connectivity index (χ1n) is 9.03. The number of carbonyl (C=O) groups excluding carboxylic acids is 1. The molecule has 11 nitrogen and oxygen atoms in total. The molecule has 2 rings (SSSR count). The van der Waals surface area contributed by atoms with E-state index < -0.39 is 58.5 Å². The fourth-order valence-corrected chi connectivity index (χ4v) is 3.81. The molecule has 1 aromatic carbocycles. The van der Waals surface area contributed by atoms with Gasteiger partial charge in [0.05, 0.1) is 14.9 Å². The number of aryl methyl sites for hydroxylation is 1. The second kappa shape index (κ2) is 12.7. The minimum atomic E-state index is -5.65. The number of hydrogen-bond acceptors (Lipinski definition) is 9. The number of carbonyl (C=O) groups is 1. The summed E-state index contributed by atoms with van der Waals surface area (Å²) < 4.78 is 70.7. The summed E-state index contributed by atoms with van der Waals surface area (Å²) in [7, 11) is -8.58. The van der Waals surface area contributed by atoms with E-state index in [1.54, 1.807) is 0 Å². The van der Waals surface area contributed by atoms with Crippen LogP contribution in [-0.2, 0) is 30.4 Å². The van der Waals surface area contributed by atoms with Gasteiger partial charge in [0, 0.05) is 42.3 Å². The number of methoxy groups -OCH3 is 1. The summed E-state index contributed by atoms with van der Waals surface area (Å²) in [6, 6.07) is 4.38. The number of hydroxylamine groups is 1. The van der Waals surface area contributed by atoms with Crippen molar-refractivity contribution < 1.29 is 83.4 Å². The number of rotatable bonds is 9. The van der Waals surface area contributed by atoms with Crippen LogP contribution in [0.5, 0.6) is 5.75 Å². The molecule has 0 saturated carbocycles. The number of phosphoric acid groups is 1. The maximum absolute atomic E-state index is 14.7. The molecule has 0 unspecified atom stereocenters. The van der Waals surface area contributed by atoms with E-state index in [0.29, 0.717) is 12.5 Å². The Bertz CT molecular complexity index is 1290. The summed E-state index contributed by atoms with van der Waals surface area (Å²) in [5.74, 6) is -3.16. The molecule has 0 spiro atoms. The smallest absolute Gasteiger partial charge is 0.788 e. The first-order chi connectivity index (χ1) is 15.1. The van der Waals surface area contributed by atoms with Crippen LogP contribution >= 0.6 is 7.82 Å². The van der Waals surface area contributed by atoms with Crippen LogP contribution in [0.2, 0.25) is 0 Å². The molecule has 0 radical (unpaired) electrons. The van der Waals surface area contributed by atoms with Gasteiger partial charge in [-0.1, -0.05) is 0 Å². The summed E-state index contributed by atoms with van der Waals surface area (Å²) >= 11 is 0. The molecule has 2 aromatic rings. The minimum absolute atomic E-state index is 0. The molecule has 1 amide bonds. The van der Waals surface area contributed by atoms with E-state index in [9.17, 15) is 41.1 Å². The SMILES string of the molecule is COc1ccc(-c2cc(=O)n(CC[C@](C)(C(=O)NOP(=O)([O-])[O-])S(C)(=O)=O)cc2F)c(F)c1.[Li+].[Li+]. The molecule has 1 atom stereocenters. The third-order valence-electron chi connectivity index (χ3n) is 4.92. The topological polar surface area (TPSA) is 167 Å². The Morgan fingerprint density at radius 1 is 1.17 bits per heavy atom. The Labute approximate surface area is 223 Å². The van der Waals surface area contributed by atoms with Crippen molar-refractivity contribution in [2.75, 3.05) is 13.4 Å². The van der Waals surface area contributed by atoms with E-state index in [1.165, 1.54) is 24.7 Å². The van der Waals surface area contributed by atoms with Crippen LogP contribution in [0, 0.1) is 11.6 Å². The summed E-state index contributed by atoms with van der Waals surface area (Å²) in [6.45, 7) is 0.397. The van der Waals surface area contributed by atoms with Gasteiger partial charge in [-0.2, -0.15) is 0 Å². The van der Waals surface area contributed by atoms with Gasteiger partial charge >= 0.3 is 37.7 Å².